The van der Waals surface area contributed by atoms with Crippen LogP contribution < -0.4 is 15.4 Å². The number of benzene rings is 1. The van der Waals surface area contributed by atoms with Crippen molar-refractivity contribution in [3.8, 4) is 5.75 Å². The maximum Gasteiger partial charge on any atom is 0.255 e. The monoisotopic (exact) mass is 362 g/mol. The Labute approximate surface area is 155 Å². The summed E-state index contributed by atoms with van der Waals surface area (Å²) in [5.74, 6) is 0.936. The van der Waals surface area contributed by atoms with Gasteiger partial charge in [-0.25, -0.2) is 4.68 Å². The SMILES string of the molecule is COc1ccccc1NC(=O)C1=C(C)Nc2ncnn2C1c1ccncc1. The largest absolute Gasteiger partial charge is 0.495 e. The average molecular weight is 362 g/mol. The maximum absolute atomic E-state index is 13.2. The number of pyridine rings is 1. The number of ether oxygens (including phenoxy) is 1. The summed E-state index contributed by atoms with van der Waals surface area (Å²) in [6.45, 7) is 1.85. The molecule has 8 nitrogen and oxygen atoms in total. The molecule has 3 heterocycles. The van der Waals surface area contributed by atoms with Crippen molar-refractivity contribution in [2.45, 2.75) is 13.0 Å². The first-order chi connectivity index (χ1) is 13.2. The molecule has 1 aliphatic heterocycles. The molecule has 1 amide bonds. The number of para-hydroxylation sites is 2. The van der Waals surface area contributed by atoms with Crippen molar-refractivity contribution in [2.24, 2.45) is 0 Å². The van der Waals surface area contributed by atoms with Crippen LogP contribution in [0.2, 0.25) is 0 Å². The van der Waals surface area contributed by atoms with Gasteiger partial charge < -0.3 is 15.4 Å². The van der Waals surface area contributed by atoms with Crippen molar-refractivity contribution in [1.29, 1.82) is 0 Å². The fourth-order valence-corrected chi connectivity index (χ4v) is 3.18. The lowest BCUT2D eigenvalue weighted by molar-refractivity contribution is -0.113. The van der Waals surface area contributed by atoms with Gasteiger partial charge in [0.2, 0.25) is 5.95 Å². The number of rotatable bonds is 4. The van der Waals surface area contributed by atoms with Crippen molar-refractivity contribution in [3.63, 3.8) is 0 Å². The fourth-order valence-electron chi connectivity index (χ4n) is 3.18. The number of nitrogens with zero attached hydrogens (tertiary/aromatic N) is 4. The van der Waals surface area contributed by atoms with E-state index in [-0.39, 0.29) is 5.91 Å². The zero-order chi connectivity index (χ0) is 18.8. The molecule has 0 radical (unpaired) electrons. The fraction of sp³-hybridized carbons (Fsp3) is 0.158. The summed E-state index contributed by atoms with van der Waals surface area (Å²) in [7, 11) is 1.57. The van der Waals surface area contributed by atoms with Crippen molar-refractivity contribution < 1.29 is 9.53 Å². The van der Waals surface area contributed by atoms with Gasteiger partial charge >= 0.3 is 0 Å². The minimum absolute atomic E-state index is 0.243. The minimum atomic E-state index is -0.415. The van der Waals surface area contributed by atoms with E-state index in [1.807, 2.05) is 31.2 Å². The number of aromatic nitrogens is 4. The smallest absolute Gasteiger partial charge is 0.255 e. The van der Waals surface area contributed by atoms with E-state index in [0.29, 0.717) is 28.7 Å². The van der Waals surface area contributed by atoms with E-state index in [0.717, 1.165) is 5.56 Å². The quantitative estimate of drug-likeness (QED) is 0.741. The lowest BCUT2D eigenvalue weighted by Gasteiger charge is -2.28. The van der Waals surface area contributed by atoms with E-state index in [9.17, 15) is 4.79 Å². The zero-order valence-corrected chi connectivity index (χ0v) is 14.9. The van der Waals surface area contributed by atoms with Crippen LogP contribution >= 0.6 is 0 Å². The Balaban J connectivity index is 1.76. The van der Waals surface area contributed by atoms with Crippen LogP contribution in [0.1, 0.15) is 18.5 Å². The van der Waals surface area contributed by atoms with Crippen LogP contribution in [-0.4, -0.2) is 32.8 Å². The number of carbonyl (C=O) groups excluding carboxylic acids is 1. The predicted molar refractivity (Wildman–Crippen MR) is 100 cm³/mol. The number of hydrogen-bond acceptors (Lipinski definition) is 6. The number of carbonyl (C=O) groups is 1. The summed E-state index contributed by atoms with van der Waals surface area (Å²) in [6.07, 6.45) is 4.85. The molecule has 2 aromatic heterocycles. The van der Waals surface area contributed by atoms with E-state index in [4.69, 9.17) is 4.74 Å². The van der Waals surface area contributed by atoms with E-state index in [1.165, 1.54) is 6.33 Å². The molecule has 4 rings (SSSR count). The Morgan fingerprint density at radius 2 is 2.00 bits per heavy atom. The number of anilines is 2. The minimum Gasteiger partial charge on any atom is -0.495 e. The molecule has 1 unspecified atom stereocenters. The Kier molecular flexibility index (Phi) is 4.29. The molecular weight excluding hydrogens is 344 g/mol. The molecule has 8 heteroatoms. The highest BCUT2D eigenvalue weighted by Crippen LogP contribution is 2.35. The Hall–Kier alpha value is -3.68. The van der Waals surface area contributed by atoms with Crippen LogP contribution in [-0.2, 0) is 4.79 Å². The Bertz CT molecular complexity index is 1010. The predicted octanol–water partition coefficient (Wildman–Crippen LogP) is 2.61. The molecule has 0 fully saturated rings. The van der Waals surface area contributed by atoms with E-state index < -0.39 is 6.04 Å². The summed E-state index contributed by atoms with van der Waals surface area (Å²) in [4.78, 5) is 21.5. The molecule has 136 valence electrons. The van der Waals surface area contributed by atoms with Crippen molar-refractivity contribution >= 4 is 17.5 Å². The number of fused-ring (bicyclic) bond motifs is 1. The molecule has 0 saturated carbocycles. The highest BCUT2D eigenvalue weighted by atomic mass is 16.5. The maximum atomic E-state index is 13.2. The van der Waals surface area contributed by atoms with Crippen LogP contribution in [0.5, 0.6) is 5.75 Å². The second-order valence-electron chi connectivity index (χ2n) is 6.03. The van der Waals surface area contributed by atoms with Gasteiger partial charge in [-0.15, -0.1) is 0 Å². The first kappa shape index (κ1) is 16.8. The Morgan fingerprint density at radius 1 is 1.22 bits per heavy atom. The number of methoxy groups -OCH3 is 1. The molecule has 0 aliphatic carbocycles. The highest BCUT2D eigenvalue weighted by Gasteiger charge is 2.33. The molecule has 1 aliphatic rings. The molecule has 1 aromatic carbocycles. The molecular formula is C19H18N6O2. The van der Waals surface area contributed by atoms with Crippen molar-refractivity contribution in [2.75, 3.05) is 17.7 Å². The molecule has 0 bridgehead atoms. The van der Waals surface area contributed by atoms with Crippen LogP contribution in [0.15, 0.2) is 66.4 Å². The highest BCUT2D eigenvalue weighted by molar-refractivity contribution is 6.06. The summed E-state index contributed by atoms with van der Waals surface area (Å²) >= 11 is 0. The molecule has 2 N–H and O–H groups in total. The number of allylic oxidation sites excluding steroid dienone is 1. The van der Waals surface area contributed by atoms with Gasteiger partial charge in [-0.1, -0.05) is 12.1 Å². The van der Waals surface area contributed by atoms with Gasteiger partial charge in [0, 0.05) is 18.1 Å². The third kappa shape index (κ3) is 3.01. The summed E-state index contributed by atoms with van der Waals surface area (Å²) in [5, 5.41) is 10.4. The molecule has 27 heavy (non-hydrogen) atoms. The van der Waals surface area contributed by atoms with Gasteiger partial charge in [0.15, 0.2) is 0 Å². The van der Waals surface area contributed by atoms with Crippen LogP contribution in [0.4, 0.5) is 11.6 Å². The number of hydrogen-bond donors (Lipinski definition) is 2. The second-order valence-corrected chi connectivity index (χ2v) is 6.03. The zero-order valence-electron chi connectivity index (χ0n) is 14.9. The first-order valence-corrected chi connectivity index (χ1v) is 8.40. The van der Waals surface area contributed by atoms with E-state index in [1.54, 1.807) is 36.3 Å². The van der Waals surface area contributed by atoms with Gasteiger partial charge in [-0.2, -0.15) is 10.1 Å². The lowest BCUT2D eigenvalue weighted by Crippen LogP contribution is -2.31. The van der Waals surface area contributed by atoms with Gasteiger partial charge in [-0.05, 0) is 36.8 Å². The molecule has 3 aromatic rings. The number of amides is 1. The third-order valence-corrected chi connectivity index (χ3v) is 4.42. The molecule has 0 spiro atoms. The van der Waals surface area contributed by atoms with Gasteiger partial charge in [0.05, 0.1) is 18.4 Å². The Morgan fingerprint density at radius 3 is 2.78 bits per heavy atom. The van der Waals surface area contributed by atoms with Crippen molar-refractivity contribution in [3.05, 3.63) is 72.0 Å². The number of nitrogens with one attached hydrogen (secondary N) is 2. The summed E-state index contributed by atoms with van der Waals surface area (Å²) < 4.78 is 7.03. The van der Waals surface area contributed by atoms with Gasteiger partial charge in [-0.3, -0.25) is 9.78 Å². The summed E-state index contributed by atoms with van der Waals surface area (Å²) in [5.41, 5.74) is 2.75. The van der Waals surface area contributed by atoms with E-state index >= 15 is 0 Å². The molecule has 0 saturated heterocycles. The average Bonchev–Trinajstić information content (AvgIpc) is 3.15. The summed E-state index contributed by atoms with van der Waals surface area (Å²) in [6, 6.07) is 10.6. The van der Waals surface area contributed by atoms with Crippen LogP contribution in [0.3, 0.4) is 0 Å². The second kappa shape index (κ2) is 6.91. The molecule has 1 atom stereocenters. The van der Waals surface area contributed by atoms with Crippen molar-refractivity contribution in [1.82, 2.24) is 19.7 Å². The van der Waals surface area contributed by atoms with Crippen LogP contribution in [0.25, 0.3) is 0 Å². The van der Waals surface area contributed by atoms with Gasteiger partial charge in [0.1, 0.15) is 18.1 Å². The standard InChI is InChI=1S/C19H18N6O2/c1-12-16(18(26)24-14-5-3-4-6-15(14)27-2)17(13-7-9-20-10-8-13)25-19(23-12)21-11-22-25/h3-11,17H,1-2H3,(H,24,26)(H,21,22,23). The topological polar surface area (TPSA) is 94.0 Å². The lowest BCUT2D eigenvalue weighted by atomic mass is 9.96. The van der Waals surface area contributed by atoms with E-state index in [2.05, 4.69) is 25.7 Å². The van der Waals surface area contributed by atoms with Crippen LogP contribution in [0, 0.1) is 0 Å². The third-order valence-electron chi connectivity index (χ3n) is 4.42. The first-order valence-electron chi connectivity index (χ1n) is 8.40. The van der Waals surface area contributed by atoms with Gasteiger partial charge in [0.25, 0.3) is 5.91 Å². The normalized spacial score (nSPS) is 15.7.